The number of H-pyrrole nitrogens is 2. The summed E-state index contributed by atoms with van der Waals surface area (Å²) < 4.78 is 0. The normalized spacial score (nSPS) is 23.7. The van der Waals surface area contributed by atoms with Crippen molar-refractivity contribution >= 4 is 23.5 Å². The van der Waals surface area contributed by atoms with Crippen molar-refractivity contribution in [3.63, 3.8) is 0 Å². The topological polar surface area (TPSA) is 81.4 Å². The molecule has 8 heteroatoms. The smallest absolute Gasteiger partial charge is 0.134 e. The lowest BCUT2D eigenvalue weighted by Gasteiger charge is -2.22. The first-order valence-corrected chi connectivity index (χ1v) is 16.4. The van der Waals surface area contributed by atoms with Gasteiger partial charge in [0.25, 0.3) is 0 Å². The Kier molecular flexibility index (Phi) is 6.13. The van der Waals surface area contributed by atoms with E-state index >= 15 is 0 Å². The van der Waals surface area contributed by atoms with Crippen LogP contribution < -0.4 is 10.6 Å². The predicted molar refractivity (Wildman–Crippen MR) is 162 cm³/mol. The van der Waals surface area contributed by atoms with Gasteiger partial charge in [0.05, 0.1) is 23.8 Å². The first kappa shape index (κ1) is 24.3. The molecular formula is C31H34N6S2. The van der Waals surface area contributed by atoms with Gasteiger partial charge in [-0.05, 0) is 58.9 Å². The lowest BCUT2D eigenvalue weighted by molar-refractivity contribution is 0.318. The molecule has 8 rings (SSSR count). The minimum Gasteiger partial charge on any atom is -0.340 e. The second-order valence-electron chi connectivity index (χ2n) is 11.5. The Morgan fingerprint density at radius 3 is 1.87 bits per heavy atom. The minimum absolute atomic E-state index is 0.279. The number of fused-ring (bicyclic) bond motifs is 1. The molecule has 0 amide bonds. The van der Waals surface area contributed by atoms with Gasteiger partial charge in [0, 0.05) is 30.2 Å². The van der Waals surface area contributed by atoms with Crippen LogP contribution in [0.3, 0.4) is 0 Å². The second kappa shape index (κ2) is 9.84. The molecule has 2 atom stereocenters. The Morgan fingerprint density at radius 1 is 0.667 bits per heavy atom. The van der Waals surface area contributed by atoms with Gasteiger partial charge in [0.15, 0.2) is 0 Å². The van der Waals surface area contributed by atoms with E-state index in [0.29, 0.717) is 5.41 Å². The molecule has 2 aromatic heterocycles. The summed E-state index contributed by atoms with van der Waals surface area (Å²) in [5.74, 6) is 4.36. The van der Waals surface area contributed by atoms with Crippen molar-refractivity contribution in [3.05, 3.63) is 71.6 Å². The largest absolute Gasteiger partial charge is 0.340 e. The molecule has 0 unspecified atom stereocenters. The lowest BCUT2D eigenvalue weighted by Crippen LogP contribution is -2.15. The molecule has 4 heterocycles. The van der Waals surface area contributed by atoms with Crippen LogP contribution in [0.4, 0.5) is 0 Å². The summed E-state index contributed by atoms with van der Waals surface area (Å²) >= 11 is 3.85. The van der Waals surface area contributed by atoms with Crippen LogP contribution in [0.2, 0.25) is 0 Å². The third-order valence-electron chi connectivity index (χ3n) is 9.12. The summed E-state index contributed by atoms with van der Waals surface area (Å²) in [6.45, 7) is 2.10. The number of nitrogens with one attached hydrogen (secondary N) is 4. The first-order chi connectivity index (χ1) is 19.2. The number of hydrogen-bond donors (Lipinski definition) is 4. The number of aromatic nitrogens is 4. The summed E-state index contributed by atoms with van der Waals surface area (Å²) in [6.07, 6.45) is 11.9. The molecule has 2 saturated heterocycles. The van der Waals surface area contributed by atoms with Crippen LogP contribution in [0.5, 0.6) is 0 Å². The maximum atomic E-state index is 4.78. The zero-order chi connectivity index (χ0) is 25.8. The van der Waals surface area contributed by atoms with Crippen molar-refractivity contribution in [2.24, 2.45) is 5.41 Å². The van der Waals surface area contributed by atoms with E-state index in [-0.39, 0.29) is 10.7 Å². The van der Waals surface area contributed by atoms with E-state index in [1.54, 1.807) is 11.1 Å². The van der Waals surface area contributed by atoms with Gasteiger partial charge < -0.3 is 9.97 Å². The maximum Gasteiger partial charge on any atom is 0.134 e. The van der Waals surface area contributed by atoms with Crippen LogP contribution in [0.15, 0.2) is 48.8 Å². The molecule has 6 nitrogen and oxygen atoms in total. The number of nitrogens with zero attached hydrogens (tertiary/aromatic N) is 2. The van der Waals surface area contributed by atoms with E-state index in [1.165, 1.54) is 60.8 Å². The highest BCUT2D eigenvalue weighted by Gasteiger charge is 2.41. The van der Waals surface area contributed by atoms with Crippen LogP contribution in [0, 0.1) is 5.41 Å². The van der Waals surface area contributed by atoms with Crippen molar-refractivity contribution < 1.29 is 0 Å². The van der Waals surface area contributed by atoms with E-state index in [1.807, 2.05) is 29.7 Å². The first-order valence-electron chi connectivity index (χ1n) is 14.3. The number of benzene rings is 2. The lowest BCUT2D eigenvalue weighted by atomic mass is 9.82. The summed E-state index contributed by atoms with van der Waals surface area (Å²) in [7, 11) is 0. The zero-order valence-corrected chi connectivity index (χ0v) is 23.7. The van der Waals surface area contributed by atoms with Gasteiger partial charge >= 0.3 is 0 Å². The quantitative estimate of drug-likeness (QED) is 0.227. The molecule has 2 aromatic carbocycles. The minimum atomic E-state index is 0.279. The molecule has 1 spiro atoms. The van der Waals surface area contributed by atoms with Gasteiger partial charge in [-0.1, -0.05) is 49.2 Å². The Hall–Kier alpha value is -2.52. The monoisotopic (exact) mass is 554 g/mol. The third kappa shape index (κ3) is 4.36. The highest BCUT2D eigenvalue weighted by molar-refractivity contribution is 7.99. The van der Waals surface area contributed by atoms with Gasteiger partial charge in [-0.25, -0.2) is 9.97 Å². The molecule has 200 valence electrons. The number of imidazole rings is 2. The molecule has 4 N–H and O–H groups in total. The highest BCUT2D eigenvalue weighted by atomic mass is 32.2. The molecular weight excluding hydrogens is 521 g/mol. The van der Waals surface area contributed by atoms with Gasteiger partial charge in [-0.3, -0.25) is 10.6 Å². The maximum absolute atomic E-state index is 4.78. The Balaban J connectivity index is 1.13. The van der Waals surface area contributed by atoms with Gasteiger partial charge in [-0.2, -0.15) is 0 Å². The van der Waals surface area contributed by atoms with Gasteiger partial charge in [0.2, 0.25) is 0 Å². The summed E-state index contributed by atoms with van der Waals surface area (Å²) in [5, 5.41) is 7.62. The molecule has 0 bridgehead atoms. The molecule has 1 saturated carbocycles. The fraction of sp³-hybridized carbons (Fsp3) is 0.419. The number of rotatable bonds is 5. The molecule has 3 fully saturated rings. The van der Waals surface area contributed by atoms with E-state index in [9.17, 15) is 0 Å². The fourth-order valence-corrected chi connectivity index (χ4v) is 9.14. The predicted octanol–water partition coefficient (Wildman–Crippen LogP) is 6.46. The van der Waals surface area contributed by atoms with Crippen LogP contribution in [-0.4, -0.2) is 44.5 Å². The number of thioether (sulfide) groups is 2. The van der Waals surface area contributed by atoms with Gasteiger partial charge in [-0.15, -0.1) is 23.5 Å². The average molecular weight is 555 g/mol. The van der Waals surface area contributed by atoms with Crippen LogP contribution >= 0.6 is 23.5 Å². The molecule has 4 aromatic rings. The van der Waals surface area contributed by atoms with E-state index in [2.05, 4.69) is 68.2 Å². The van der Waals surface area contributed by atoms with E-state index < -0.39 is 0 Å². The number of hydrogen-bond acceptors (Lipinski definition) is 6. The second-order valence-corrected chi connectivity index (χ2v) is 14.0. The highest BCUT2D eigenvalue weighted by Crippen LogP contribution is 2.53. The zero-order valence-electron chi connectivity index (χ0n) is 22.1. The van der Waals surface area contributed by atoms with Crippen LogP contribution in [-0.2, 0) is 12.8 Å². The standard InChI is InChI=1S/C31H34N6S2/c1-2-10-31(9-1)15-23-21(7-8-22(24(23)16-31)26-18-35-28(37-26)30-33-12-14-39-30)19-3-5-20(6-4-19)25-17-34-27(36-25)29-32-11-13-38-29/h3-8,17-18,29-30,32-33H,1-2,9-16H2,(H,34,36)(H,35,37)/t29-,30-/m0/s1. The van der Waals surface area contributed by atoms with Crippen molar-refractivity contribution in [1.29, 1.82) is 0 Å². The van der Waals surface area contributed by atoms with E-state index in [0.717, 1.165) is 47.6 Å². The molecule has 39 heavy (non-hydrogen) atoms. The SMILES string of the molecule is c1cc(-c2ccc(-c3cnc([C@H]4NCCS4)[nH]3)c3c2CC2(CCCC2)C3)ccc1-c1cnc([C@H]2NCCS2)[nH]1. The van der Waals surface area contributed by atoms with Gasteiger partial charge in [0.1, 0.15) is 22.4 Å². The van der Waals surface area contributed by atoms with Crippen molar-refractivity contribution in [2.45, 2.75) is 49.3 Å². The summed E-state index contributed by atoms with van der Waals surface area (Å²) in [4.78, 5) is 16.7. The Morgan fingerprint density at radius 2 is 1.23 bits per heavy atom. The third-order valence-corrected chi connectivity index (χ3v) is 11.4. The van der Waals surface area contributed by atoms with Crippen LogP contribution in [0.1, 0.15) is 59.2 Å². The molecule has 2 aliphatic heterocycles. The number of aromatic amines is 2. The Labute approximate surface area is 238 Å². The average Bonchev–Trinajstić information content (AvgIpc) is 3.81. The molecule has 2 aliphatic carbocycles. The van der Waals surface area contributed by atoms with Crippen LogP contribution in [0.25, 0.3) is 33.6 Å². The Bertz CT molecular complexity index is 1490. The van der Waals surface area contributed by atoms with Crippen molar-refractivity contribution in [3.8, 4) is 33.6 Å². The van der Waals surface area contributed by atoms with Crippen molar-refractivity contribution in [1.82, 2.24) is 30.6 Å². The fourth-order valence-electron chi connectivity index (χ4n) is 7.17. The van der Waals surface area contributed by atoms with E-state index in [4.69, 9.17) is 4.98 Å². The molecule has 0 radical (unpaired) electrons. The van der Waals surface area contributed by atoms with Crippen molar-refractivity contribution in [2.75, 3.05) is 24.6 Å². The summed E-state index contributed by atoms with van der Waals surface area (Å²) in [6, 6.07) is 13.8. The summed E-state index contributed by atoms with van der Waals surface area (Å²) in [5.41, 5.74) is 11.0. The molecule has 4 aliphatic rings.